The minimum absolute atomic E-state index is 0.170. The molecular formula is C11H21N3OS. The van der Waals surface area contributed by atoms with Crippen LogP contribution in [0.4, 0.5) is 0 Å². The van der Waals surface area contributed by atoms with Crippen LogP contribution in [0.1, 0.15) is 30.8 Å². The molecule has 1 rings (SSSR count). The van der Waals surface area contributed by atoms with Gasteiger partial charge in [-0.3, -0.25) is 0 Å². The summed E-state index contributed by atoms with van der Waals surface area (Å²) in [4.78, 5) is 0. The molecule has 4 nitrogen and oxygen atoms in total. The molecule has 1 aromatic rings. The molecule has 5 heteroatoms. The second-order valence-electron chi connectivity index (χ2n) is 4.76. The van der Waals surface area contributed by atoms with E-state index in [1.807, 2.05) is 0 Å². The van der Waals surface area contributed by atoms with Gasteiger partial charge in [-0.05, 0) is 20.8 Å². The summed E-state index contributed by atoms with van der Waals surface area (Å²) in [5.41, 5.74) is 0.170. The van der Waals surface area contributed by atoms with Crippen molar-refractivity contribution in [3.8, 4) is 0 Å². The molecule has 1 heterocycles. The number of hydrogen-bond donors (Lipinski definition) is 1. The van der Waals surface area contributed by atoms with E-state index in [1.165, 1.54) is 0 Å². The van der Waals surface area contributed by atoms with Crippen molar-refractivity contribution in [2.45, 2.75) is 39.2 Å². The monoisotopic (exact) mass is 243 g/mol. The summed E-state index contributed by atoms with van der Waals surface area (Å²) in [5, 5.41) is 13.9. The number of hydrogen-bond acceptors (Lipinski definition) is 5. The van der Waals surface area contributed by atoms with Crippen LogP contribution in [0.3, 0.4) is 0 Å². The van der Waals surface area contributed by atoms with Gasteiger partial charge in [0.2, 0.25) is 0 Å². The first kappa shape index (κ1) is 13.5. The summed E-state index contributed by atoms with van der Waals surface area (Å²) in [6.45, 7) is 8.16. The molecule has 1 N–H and O–H groups in total. The molecule has 0 radical (unpaired) electrons. The summed E-state index contributed by atoms with van der Waals surface area (Å²) < 4.78 is 5.01. The van der Waals surface area contributed by atoms with Gasteiger partial charge in [0.05, 0.1) is 6.61 Å². The average Bonchev–Trinajstić information content (AvgIpc) is 2.61. The molecule has 0 saturated heterocycles. The fourth-order valence-corrected chi connectivity index (χ4v) is 2.05. The van der Waals surface area contributed by atoms with Crippen LogP contribution in [0.15, 0.2) is 0 Å². The Morgan fingerprint density at radius 3 is 2.38 bits per heavy atom. The lowest BCUT2D eigenvalue weighted by atomic mass is 10.1. The van der Waals surface area contributed by atoms with E-state index in [9.17, 15) is 0 Å². The van der Waals surface area contributed by atoms with Crippen LogP contribution in [-0.2, 0) is 17.6 Å². The highest BCUT2D eigenvalue weighted by molar-refractivity contribution is 7.11. The fourth-order valence-electron chi connectivity index (χ4n) is 1.22. The van der Waals surface area contributed by atoms with E-state index in [1.54, 1.807) is 18.4 Å². The molecule has 92 valence electrons. The van der Waals surface area contributed by atoms with Crippen LogP contribution in [0.5, 0.6) is 0 Å². The van der Waals surface area contributed by atoms with Gasteiger partial charge in [-0.1, -0.05) is 0 Å². The van der Waals surface area contributed by atoms with E-state index in [4.69, 9.17) is 4.74 Å². The van der Waals surface area contributed by atoms with Gasteiger partial charge in [0.25, 0.3) is 0 Å². The molecule has 0 aromatic carbocycles. The van der Waals surface area contributed by atoms with Crippen LogP contribution in [0, 0.1) is 0 Å². The Kier molecular flexibility index (Phi) is 5.31. The summed E-state index contributed by atoms with van der Waals surface area (Å²) in [5.74, 6) is 0. The Morgan fingerprint density at radius 1 is 1.19 bits per heavy atom. The first-order valence-corrected chi connectivity index (χ1v) is 6.38. The Balaban J connectivity index is 2.29. The van der Waals surface area contributed by atoms with Gasteiger partial charge in [0, 0.05) is 32.0 Å². The molecule has 0 atom stereocenters. The maximum absolute atomic E-state index is 5.01. The van der Waals surface area contributed by atoms with E-state index in [0.717, 1.165) is 36.0 Å². The molecule has 1 aromatic heterocycles. The summed E-state index contributed by atoms with van der Waals surface area (Å²) in [6, 6.07) is 0. The molecule has 0 aliphatic rings. The van der Waals surface area contributed by atoms with E-state index < -0.39 is 0 Å². The van der Waals surface area contributed by atoms with E-state index >= 15 is 0 Å². The van der Waals surface area contributed by atoms with Crippen molar-refractivity contribution >= 4 is 11.3 Å². The first-order valence-electron chi connectivity index (χ1n) is 5.56. The quantitative estimate of drug-likeness (QED) is 0.825. The average molecular weight is 243 g/mol. The molecule has 0 bridgehead atoms. The van der Waals surface area contributed by atoms with E-state index in [0.29, 0.717) is 0 Å². The number of rotatable bonds is 6. The van der Waals surface area contributed by atoms with Crippen LogP contribution in [0.2, 0.25) is 0 Å². The van der Waals surface area contributed by atoms with Gasteiger partial charge in [-0.15, -0.1) is 21.5 Å². The standard InChI is InChI=1S/C11H21N3OS/c1-11(2,3)12-7-5-9-13-14-10(16-9)6-8-15-4/h12H,5-8H2,1-4H3. The van der Waals surface area contributed by atoms with Gasteiger partial charge >= 0.3 is 0 Å². The number of aromatic nitrogens is 2. The highest BCUT2D eigenvalue weighted by atomic mass is 32.1. The normalized spacial score (nSPS) is 12.0. The Bertz CT molecular complexity index is 306. The number of methoxy groups -OCH3 is 1. The molecule has 16 heavy (non-hydrogen) atoms. The van der Waals surface area contributed by atoms with Gasteiger partial charge in [0.15, 0.2) is 0 Å². The molecule has 0 amide bonds. The Morgan fingerprint density at radius 2 is 1.81 bits per heavy atom. The minimum atomic E-state index is 0.170. The summed E-state index contributed by atoms with van der Waals surface area (Å²) in [6.07, 6.45) is 1.81. The third-order valence-electron chi connectivity index (χ3n) is 2.02. The largest absolute Gasteiger partial charge is 0.384 e. The highest BCUT2D eigenvalue weighted by Gasteiger charge is 2.09. The second kappa shape index (κ2) is 6.27. The molecule has 0 unspecified atom stereocenters. The lowest BCUT2D eigenvalue weighted by molar-refractivity contribution is 0.202. The maximum atomic E-state index is 5.01. The van der Waals surface area contributed by atoms with Crippen molar-refractivity contribution in [3.05, 3.63) is 10.0 Å². The van der Waals surface area contributed by atoms with Crippen molar-refractivity contribution in [1.82, 2.24) is 15.5 Å². The van der Waals surface area contributed by atoms with Crippen LogP contribution in [0.25, 0.3) is 0 Å². The molecular weight excluding hydrogens is 222 g/mol. The van der Waals surface area contributed by atoms with E-state index in [2.05, 4.69) is 36.3 Å². The molecule has 0 aliphatic carbocycles. The third kappa shape index (κ3) is 5.53. The maximum Gasteiger partial charge on any atom is 0.119 e. The van der Waals surface area contributed by atoms with Gasteiger partial charge < -0.3 is 10.1 Å². The summed E-state index contributed by atoms with van der Waals surface area (Å²) >= 11 is 1.68. The predicted octanol–water partition coefficient (Wildman–Crippen LogP) is 1.66. The van der Waals surface area contributed by atoms with Crippen molar-refractivity contribution < 1.29 is 4.74 Å². The van der Waals surface area contributed by atoms with Crippen LogP contribution < -0.4 is 5.32 Å². The van der Waals surface area contributed by atoms with Crippen molar-refractivity contribution in [2.24, 2.45) is 0 Å². The van der Waals surface area contributed by atoms with Crippen molar-refractivity contribution in [1.29, 1.82) is 0 Å². The van der Waals surface area contributed by atoms with Gasteiger partial charge in [-0.25, -0.2) is 0 Å². The molecule has 0 aliphatic heterocycles. The highest BCUT2D eigenvalue weighted by Crippen LogP contribution is 2.11. The molecule has 0 fully saturated rings. The lowest BCUT2D eigenvalue weighted by Crippen LogP contribution is -2.37. The number of ether oxygens (including phenoxy) is 1. The molecule has 0 saturated carbocycles. The zero-order valence-electron chi connectivity index (χ0n) is 10.5. The van der Waals surface area contributed by atoms with Crippen LogP contribution >= 0.6 is 11.3 Å². The van der Waals surface area contributed by atoms with Gasteiger partial charge in [0.1, 0.15) is 10.0 Å². The van der Waals surface area contributed by atoms with Crippen LogP contribution in [-0.4, -0.2) is 36.0 Å². The topological polar surface area (TPSA) is 47.0 Å². The van der Waals surface area contributed by atoms with E-state index in [-0.39, 0.29) is 5.54 Å². The zero-order valence-corrected chi connectivity index (χ0v) is 11.4. The van der Waals surface area contributed by atoms with Crippen molar-refractivity contribution in [3.63, 3.8) is 0 Å². The smallest absolute Gasteiger partial charge is 0.119 e. The van der Waals surface area contributed by atoms with Crippen molar-refractivity contribution in [2.75, 3.05) is 20.3 Å². The first-order chi connectivity index (χ1) is 7.51. The Labute approximate surface area is 101 Å². The zero-order chi connectivity index (χ0) is 12.0. The lowest BCUT2D eigenvalue weighted by Gasteiger charge is -2.19. The number of nitrogens with one attached hydrogen (secondary N) is 1. The van der Waals surface area contributed by atoms with Gasteiger partial charge in [-0.2, -0.15) is 0 Å². The number of nitrogens with zero attached hydrogens (tertiary/aromatic N) is 2. The Hall–Kier alpha value is -0.520. The fraction of sp³-hybridized carbons (Fsp3) is 0.818. The second-order valence-corrected chi connectivity index (χ2v) is 5.91. The predicted molar refractivity (Wildman–Crippen MR) is 66.9 cm³/mol. The molecule has 0 spiro atoms. The third-order valence-corrected chi connectivity index (χ3v) is 3.07. The summed E-state index contributed by atoms with van der Waals surface area (Å²) in [7, 11) is 1.70. The minimum Gasteiger partial charge on any atom is -0.384 e. The SMILES string of the molecule is COCCc1nnc(CCNC(C)(C)C)s1.